The number of H-pyrrole nitrogens is 1. The number of halogens is 1. The highest BCUT2D eigenvalue weighted by molar-refractivity contribution is 6.11. The number of aromatic amines is 1. The monoisotopic (exact) mass is 326 g/mol. The fourth-order valence-corrected chi connectivity index (χ4v) is 2.17. The maximum absolute atomic E-state index is 13.7. The minimum Gasteiger partial charge on any atom is -0.388 e. The number of benzene rings is 1. The van der Waals surface area contributed by atoms with E-state index in [0.29, 0.717) is 16.9 Å². The first kappa shape index (κ1) is 15.8. The molecule has 0 radical (unpaired) electrons. The molecule has 0 amide bonds. The van der Waals surface area contributed by atoms with Crippen LogP contribution < -0.4 is 5.32 Å². The summed E-state index contributed by atoms with van der Waals surface area (Å²) in [7, 11) is 0. The zero-order valence-corrected chi connectivity index (χ0v) is 12.6. The van der Waals surface area contributed by atoms with Crippen LogP contribution in [0.3, 0.4) is 0 Å². The zero-order valence-electron chi connectivity index (χ0n) is 12.6. The number of aliphatic hydroxyl groups excluding tert-OH is 1. The molecule has 0 saturated heterocycles. The molecule has 0 aliphatic heterocycles. The first-order valence-corrected chi connectivity index (χ1v) is 7.22. The molecule has 4 N–H and O–H groups in total. The number of pyridine rings is 1. The number of nitrogens with one attached hydrogen (secondary N) is 3. The Kier molecular flexibility index (Phi) is 4.57. The van der Waals surface area contributed by atoms with Crippen LogP contribution in [0, 0.1) is 11.2 Å². The van der Waals surface area contributed by atoms with Gasteiger partial charge in [0.15, 0.2) is 11.6 Å². The number of hydrogen-bond donors (Lipinski definition) is 4. The molecule has 0 aliphatic rings. The maximum atomic E-state index is 13.7. The first-order valence-electron chi connectivity index (χ1n) is 7.22. The summed E-state index contributed by atoms with van der Waals surface area (Å²) in [4.78, 5) is 8.23. The third kappa shape index (κ3) is 3.28. The molecule has 0 atom stereocenters. The van der Waals surface area contributed by atoms with E-state index in [1.165, 1.54) is 6.07 Å². The summed E-state index contributed by atoms with van der Waals surface area (Å²) >= 11 is 0. The summed E-state index contributed by atoms with van der Waals surface area (Å²) < 4.78 is 13.7. The van der Waals surface area contributed by atoms with Gasteiger partial charge in [-0.15, -0.1) is 0 Å². The van der Waals surface area contributed by atoms with E-state index < -0.39 is 0 Å². The summed E-state index contributed by atoms with van der Waals surface area (Å²) in [5.41, 5.74) is 1.04. The van der Waals surface area contributed by atoms with Gasteiger partial charge in [-0.2, -0.15) is 5.10 Å². The molecule has 2 aromatic heterocycles. The number of anilines is 1. The zero-order chi connectivity index (χ0) is 16.9. The largest absolute Gasteiger partial charge is 0.388 e. The summed E-state index contributed by atoms with van der Waals surface area (Å²) in [5.74, 6) is 0.556. The van der Waals surface area contributed by atoms with Crippen LogP contribution in [0.25, 0.3) is 0 Å². The SMILES string of the molecule is N=C(c1n[nH]c(CO)n1)c1cccnc1NCc1ccccc1F. The van der Waals surface area contributed by atoms with Crippen LogP contribution in [0.2, 0.25) is 0 Å². The third-order valence-corrected chi connectivity index (χ3v) is 3.39. The number of hydrogen-bond acceptors (Lipinski definition) is 6. The van der Waals surface area contributed by atoms with Crippen LogP contribution in [0.15, 0.2) is 42.6 Å². The summed E-state index contributed by atoms with van der Waals surface area (Å²) in [6.45, 7) is -0.0500. The van der Waals surface area contributed by atoms with E-state index in [0.717, 1.165) is 0 Å². The Labute approximate surface area is 137 Å². The van der Waals surface area contributed by atoms with Crippen molar-refractivity contribution in [1.29, 1.82) is 5.41 Å². The molecule has 7 nitrogen and oxygen atoms in total. The number of aliphatic hydroxyl groups is 1. The third-order valence-electron chi connectivity index (χ3n) is 3.39. The van der Waals surface area contributed by atoms with Crippen molar-refractivity contribution in [2.45, 2.75) is 13.2 Å². The standard InChI is InChI=1S/C16H15FN6O/c17-12-6-2-1-4-10(12)8-20-15-11(5-3-7-19-15)14(18)16-21-13(9-24)22-23-16/h1-7,18,24H,8-9H2,(H,19,20)(H,21,22,23). The fourth-order valence-electron chi connectivity index (χ4n) is 2.17. The van der Waals surface area contributed by atoms with Crippen molar-refractivity contribution in [1.82, 2.24) is 20.2 Å². The Hall–Kier alpha value is -3.13. The summed E-state index contributed by atoms with van der Waals surface area (Å²) in [5, 5.41) is 26.8. The van der Waals surface area contributed by atoms with Crippen LogP contribution in [0.1, 0.15) is 22.8 Å². The van der Waals surface area contributed by atoms with Crippen molar-refractivity contribution in [2.75, 3.05) is 5.32 Å². The molecule has 3 rings (SSSR count). The predicted octanol–water partition coefficient (Wildman–Crippen LogP) is 1.86. The van der Waals surface area contributed by atoms with Gasteiger partial charge in [0.25, 0.3) is 0 Å². The molecule has 0 saturated carbocycles. The fraction of sp³-hybridized carbons (Fsp3) is 0.125. The molecule has 2 heterocycles. The van der Waals surface area contributed by atoms with E-state index in [-0.39, 0.29) is 36.3 Å². The molecule has 0 spiro atoms. The van der Waals surface area contributed by atoms with Crippen LogP contribution in [-0.4, -0.2) is 31.0 Å². The first-order chi connectivity index (χ1) is 11.7. The van der Waals surface area contributed by atoms with Crippen molar-refractivity contribution in [3.8, 4) is 0 Å². The highest BCUT2D eigenvalue weighted by Gasteiger charge is 2.15. The van der Waals surface area contributed by atoms with Gasteiger partial charge in [0.2, 0.25) is 0 Å². The number of aromatic nitrogens is 4. The molecule has 0 fully saturated rings. The van der Waals surface area contributed by atoms with Crippen molar-refractivity contribution >= 4 is 11.5 Å². The second kappa shape index (κ2) is 6.97. The van der Waals surface area contributed by atoms with Crippen LogP contribution in [0.5, 0.6) is 0 Å². The molecular formula is C16H15FN6O. The quantitative estimate of drug-likeness (QED) is 0.517. The lowest BCUT2D eigenvalue weighted by Crippen LogP contribution is -2.11. The van der Waals surface area contributed by atoms with Crippen molar-refractivity contribution < 1.29 is 9.50 Å². The molecule has 0 aliphatic carbocycles. The number of nitrogens with zero attached hydrogens (tertiary/aromatic N) is 3. The molecule has 3 aromatic rings. The van der Waals surface area contributed by atoms with Crippen LogP contribution >= 0.6 is 0 Å². The Balaban J connectivity index is 1.82. The van der Waals surface area contributed by atoms with Crippen LogP contribution in [-0.2, 0) is 13.2 Å². The lowest BCUT2D eigenvalue weighted by atomic mass is 10.1. The van der Waals surface area contributed by atoms with Gasteiger partial charge in [0.05, 0.1) is 0 Å². The molecular weight excluding hydrogens is 311 g/mol. The second-order valence-corrected chi connectivity index (χ2v) is 4.98. The van der Waals surface area contributed by atoms with Gasteiger partial charge in [-0.05, 0) is 18.2 Å². The van der Waals surface area contributed by atoms with E-state index in [1.54, 1.807) is 36.5 Å². The lowest BCUT2D eigenvalue weighted by molar-refractivity contribution is 0.272. The highest BCUT2D eigenvalue weighted by atomic mass is 19.1. The van der Waals surface area contributed by atoms with Gasteiger partial charge in [-0.3, -0.25) is 10.5 Å². The normalized spacial score (nSPS) is 10.6. The molecule has 0 unspecified atom stereocenters. The van der Waals surface area contributed by atoms with Crippen LogP contribution in [0.4, 0.5) is 10.2 Å². The lowest BCUT2D eigenvalue weighted by Gasteiger charge is -2.11. The maximum Gasteiger partial charge on any atom is 0.199 e. The summed E-state index contributed by atoms with van der Waals surface area (Å²) in [6.07, 6.45) is 1.58. The average Bonchev–Trinajstić information content (AvgIpc) is 3.10. The molecule has 8 heteroatoms. The van der Waals surface area contributed by atoms with E-state index in [2.05, 4.69) is 25.5 Å². The van der Waals surface area contributed by atoms with Crippen molar-refractivity contribution in [3.05, 3.63) is 71.2 Å². The van der Waals surface area contributed by atoms with Gasteiger partial charge >= 0.3 is 0 Å². The minimum atomic E-state index is -0.306. The van der Waals surface area contributed by atoms with E-state index in [4.69, 9.17) is 10.5 Å². The Bertz CT molecular complexity index is 863. The minimum absolute atomic E-state index is 0.0510. The molecule has 0 bridgehead atoms. The van der Waals surface area contributed by atoms with Gasteiger partial charge in [-0.25, -0.2) is 14.4 Å². The topological polar surface area (TPSA) is 111 Å². The second-order valence-electron chi connectivity index (χ2n) is 4.98. The number of rotatable bonds is 6. The Morgan fingerprint density at radius 2 is 2.08 bits per heavy atom. The average molecular weight is 326 g/mol. The Morgan fingerprint density at radius 1 is 1.25 bits per heavy atom. The van der Waals surface area contributed by atoms with E-state index >= 15 is 0 Å². The van der Waals surface area contributed by atoms with Crippen molar-refractivity contribution in [2.24, 2.45) is 0 Å². The van der Waals surface area contributed by atoms with Gasteiger partial charge in [0.1, 0.15) is 24.0 Å². The highest BCUT2D eigenvalue weighted by Crippen LogP contribution is 2.17. The van der Waals surface area contributed by atoms with E-state index in [9.17, 15) is 4.39 Å². The van der Waals surface area contributed by atoms with Crippen molar-refractivity contribution in [3.63, 3.8) is 0 Å². The smallest absolute Gasteiger partial charge is 0.199 e. The molecule has 122 valence electrons. The van der Waals surface area contributed by atoms with E-state index in [1.807, 2.05) is 0 Å². The summed E-state index contributed by atoms with van der Waals surface area (Å²) in [6, 6.07) is 9.85. The van der Waals surface area contributed by atoms with Gasteiger partial charge < -0.3 is 10.4 Å². The van der Waals surface area contributed by atoms with Gasteiger partial charge in [-0.1, -0.05) is 18.2 Å². The van der Waals surface area contributed by atoms with Gasteiger partial charge in [0, 0.05) is 23.9 Å². The molecule has 24 heavy (non-hydrogen) atoms. The predicted molar refractivity (Wildman–Crippen MR) is 86.2 cm³/mol. The molecule has 1 aromatic carbocycles. The Morgan fingerprint density at radius 3 is 2.83 bits per heavy atom.